The Bertz CT molecular complexity index is 1210. The van der Waals surface area contributed by atoms with Crippen LogP contribution in [0.4, 0.5) is 10.3 Å². The van der Waals surface area contributed by atoms with Crippen molar-refractivity contribution in [2.75, 3.05) is 12.4 Å². The summed E-state index contributed by atoms with van der Waals surface area (Å²) < 4.78 is 18.6. The van der Waals surface area contributed by atoms with E-state index in [0.29, 0.717) is 12.5 Å². The fourth-order valence-electron chi connectivity index (χ4n) is 4.14. The number of fused-ring (bicyclic) bond motifs is 3. The van der Waals surface area contributed by atoms with Gasteiger partial charge in [0.25, 0.3) is 0 Å². The lowest BCUT2D eigenvalue weighted by Gasteiger charge is -2.27. The predicted octanol–water partition coefficient (Wildman–Crippen LogP) is 5.59. The molecule has 0 spiro atoms. The molecule has 0 saturated heterocycles. The minimum atomic E-state index is -0.218. The first-order valence-corrected chi connectivity index (χ1v) is 10.3. The Morgan fingerprint density at radius 3 is 2.55 bits per heavy atom. The SMILES string of the molecule is COc1ccc(CNc2ncc3c(n2)-c2ccccc2C(c2ccc(F)cc2)C3)cc1. The van der Waals surface area contributed by atoms with Crippen molar-refractivity contribution in [2.45, 2.75) is 18.9 Å². The van der Waals surface area contributed by atoms with E-state index in [2.05, 4.69) is 22.4 Å². The van der Waals surface area contributed by atoms with E-state index in [0.717, 1.165) is 40.1 Å². The second kappa shape index (κ2) is 8.19. The summed E-state index contributed by atoms with van der Waals surface area (Å²) in [6.45, 7) is 0.628. The van der Waals surface area contributed by atoms with Gasteiger partial charge < -0.3 is 10.1 Å². The summed E-state index contributed by atoms with van der Waals surface area (Å²) in [6, 6.07) is 23.0. The number of halogens is 1. The van der Waals surface area contributed by atoms with Crippen LogP contribution in [0.1, 0.15) is 28.2 Å². The number of methoxy groups -OCH3 is 1. The lowest BCUT2D eigenvalue weighted by Crippen LogP contribution is -2.15. The third kappa shape index (κ3) is 3.87. The molecule has 5 heteroatoms. The van der Waals surface area contributed by atoms with Gasteiger partial charge in [-0.2, -0.15) is 0 Å². The fourth-order valence-corrected chi connectivity index (χ4v) is 4.14. The Morgan fingerprint density at radius 1 is 1.00 bits per heavy atom. The molecule has 154 valence electrons. The molecule has 3 aromatic carbocycles. The molecular weight excluding hydrogens is 389 g/mol. The average molecular weight is 411 g/mol. The number of hydrogen-bond acceptors (Lipinski definition) is 4. The van der Waals surface area contributed by atoms with E-state index in [-0.39, 0.29) is 11.7 Å². The summed E-state index contributed by atoms with van der Waals surface area (Å²) in [7, 11) is 1.66. The topological polar surface area (TPSA) is 47.0 Å². The monoisotopic (exact) mass is 411 g/mol. The van der Waals surface area contributed by atoms with Gasteiger partial charge in [-0.05, 0) is 52.9 Å². The number of anilines is 1. The van der Waals surface area contributed by atoms with E-state index < -0.39 is 0 Å². The van der Waals surface area contributed by atoms with Crippen molar-refractivity contribution in [1.29, 1.82) is 0 Å². The van der Waals surface area contributed by atoms with Crippen molar-refractivity contribution in [3.63, 3.8) is 0 Å². The third-order valence-electron chi connectivity index (χ3n) is 5.76. The maximum Gasteiger partial charge on any atom is 0.223 e. The Labute approximate surface area is 180 Å². The highest BCUT2D eigenvalue weighted by atomic mass is 19.1. The van der Waals surface area contributed by atoms with Crippen LogP contribution in [0.5, 0.6) is 5.75 Å². The van der Waals surface area contributed by atoms with Crippen LogP contribution in [0.15, 0.2) is 79.0 Å². The van der Waals surface area contributed by atoms with Crippen LogP contribution in [-0.4, -0.2) is 17.1 Å². The van der Waals surface area contributed by atoms with Gasteiger partial charge in [-0.3, -0.25) is 0 Å². The third-order valence-corrected chi connectivity index (χ3v) is 5.76. The van der Waals surface area contributed by atoms with Crippen LogP contribution in [0, 0.1) is 5.82 Å². The zero-order valence-corrected chi connectivity index (χ0v) is 17.2. The molecule has 1 aliphatic rings. The summed E-state index contributed by atoms with van der Waals surface area (Å²) in [4.78, 5) is 9.39. The van der Waals surface area contributed by atoms with Gasteiger partial charge in [0.1, 0.15) is 11.6 Å². The molecule has 0 amide bonds. The van der Waals surface area contributed by atoms with Gasteiger partial charge in [0, 0.05) is 24.2 Å². The van der Waals surface area contributed by atoms with Crippen LogP contribution in [0.3, 0.4) is 0 Å². The van der Waals surface area contributed by atoms with Gasteiger partial charge in [-0.25, -0.2) is 14.4 Å². The predicted molar refractivity (Wildman–Crippen MR) is 120 cm³/mol. The number of aromatic nitrogens is 2. The molecule has 5 rings (SSSR count). The van der Waals surface area contributed by atoms with E-state index in [4.69, 9.17) is 9.72 Å². The zero-order chi connectivity index (χ0) is 21.2. The van der Waals surface area contributed by atoms with Crippen LogP contribution in [0.25, 0.3) is 11.3 Å². The van der Waals surface area contributed by atoms with Crippen molar-refractivity contribution in [3.05, 3.63) is 107 Å². The van der Waals surface area contributed by atoms with Crippen molar-refractivity contribution in [2.24, 2.45) is 0 Å². The highest BCUT2D eigenvalue weighted by molar-refractivity contribution is 5.72. The molecule has 0 aliphatic heterocycles. The fraction of sp³-hybridized carbons (Fsp3) is 0.154. The normalized spacial score (nSPS) is 14.5. The molecule has 1 unspecified atom stereocenters. The smallest absolute Gasteiger partial charge is 0.223 e. The van der Waals surface area contributed by atoms with E-state index in [9.17, 15) is 4.39 Å². The second-order valence-corrected chi connectivity index (χ2v) is 7.66. The first-order valence-electron chi connectivity index (χ1n) is 10.3. The Hall–Kier alpha value is -3.73. The first-order chi connectivity index (χ1) is 15.2. The maximum atomic E-state index is 13.4. The van der Waals surface area contributed by atoms with Gasteiger partial charge in [0.05, 0.1) is 12.8 Å². The molecule has 1 heterocycles. The van der Waals surface area contributed by atoms with E-state index in [1.807, 2.05) is 54.7 Å². The summed E-state index contributed by atoms with van der Waals surface area (Å²) >= 11 is 0. The van der Waals surface area contributed by atoms with Crippen molar-refractivity contribution >= 4 is 5.95 Å². The molecule has 1 aliphatic carbocycles. The van der Waals surface area contributed by atoms with Gasteiger partial charge in [0.15, 0.2) is 0 Å². The van der Waals surface area contributed by atoms with Gasteiger partial charge in [0.2, 0.25) is 5.95 Å². The second-order valence-electron chi connectivity index (χ2n) is 7.66. The molecule has 0 fully saturated rings. The molecule has 1 aromatic heterocycles. The molecule has 1 atom stereocenters. The van der Waals surface area contributed by atoms with E-state index in [1.54, 1.807) is 7.11 Å². The van der Waals surface area contributed by atoms with E-state index >= 15 is 0 Å². The van der Waals surface area contributed by atoms with Crippen LogP contribution in [-0.2, 0) is 13.0 Å². The number of rotatable bonds is 5. The minimum Gasteiger partial charge on any atom is -0.497 e. The highest BCUT2D eigenvalue weighted by Crippen LogP contribution is 2.41. The first kappa shape index (κ1) is 19.2. The maximum absolute atomic E-state index is 13.4. The lowest BCUT2D eigenvalue weighted by molar-refractivity contribution is 0.414. The Morgan fingerprint density at radius 2 is 1.77 bits per heavy atom. The molecule has 4 aromatic rings. The van der Waals surface area contributed by atoms with Crippen LogP contribution < -0.4 is 10.1 Å². The zero-order valence-electron chi connectivity index (χ0n) is 17.2. The van der Waals surface area contributed by atoms with Gasteiger partial charge in [-0.15, -0.1) is 0 Å². The minimum absolute atomic E-state index is 0.158. The van der Waals surface area contributed by atoms with Crippen molar-refractivity contribution in [1.82, 2.24) is 9.97 Å². The summed E-state index contributed by atoms with van der Waals surface area (Å²) in [6.07, 6.45) is 2.70. The molecule has 4 nitrogen and oxygen atoms in total. The number of ether oxygens (including phenoxy) is 1. The quantitative estimate of drug-likeness (QED) is 0.465. The standard InChI is InChI=1S/C26H22FN3O/c1-31-21-12-6-17(7-13-21)15-28-26-29-16-19-14-24(18-8-10-20(27)11-9-18)22-4-2-3-5-23(22)25(19)30-26/h2-13,16,24H,14-15H2,1H3,(H,28,29,30). The molecule has 1 N–H and O–H groups in total. The summed E-state index contributed by atoms with van der Waals surface area (Å²) in [5, 5.41) is 3.32. The number of hydrogen-bond donors (Lipinski definition) is 1. The van der Waals surface area contributed by atoms with Crippen molar-refractivity contribution in [3.8, 4) is 17.0 Å². The van der Waals surface area contributed by atoms with Crippen molar-refractivity contribution < 1.29 is 9.13 Å². The van der Waals surface area contributed by atoms with Crippen LogP contribution >= 0.6 is 0 Å². The number of benzene rings is 3. The van der Waals surface area contributed by atoms with Gasteiger partial charge >= 0.3 is 0 Å². The average Bonchev–Trinajstić information content (AvgIpc) is 2.83. The largest absolute Gasteiger partial charge is 0.497 e. The number of nitrogens with one attached hydrogen (secondary N) is 1. The van der Waals surface area contributed by atoms with Gasteiger partial charge in [-0.1, -0.05) is 48.5 Å². The molecule has 0 radical (unpaired) electrons. The molecule has 0 saturated carbocycles. The Kier molecular flexibility index (Phi) is 5.08. The van der Waals surface area contributed by atoms with Crippen LogP contribution in [0.2, 0.25) is 0 Å². The molecule has 0 bridgehead atoms. The van der Waals surface area contributed by atoms with E-state index in [1.165, 1.54) is 17.7 Å². The Balaban J connectivity index is 1.43. The summed E-state index contributed by atoms with van der Waals surface area (Å²) in [5.74, 6) is 1.38. The highest BCUT2D eigenvalue weighted by Gasteiger charge is 2.27. The lowest BCUT2D eigenvalue weighted by atomic mass is 9.78. The summed E-state index contributed by atoms with van der Waals surface area (Å²) in [5.41, 5.74) is 6.60. The molecular formula is C26H22FN3O. The molecule has 31 heavy (non-hydrogen) atoms. The number of nitrogens with zero attached hydrogens (tertiary/aromatic N) is 2.